The Hall–Kier alpha value is -3.16. The van der Waals surface area contributed by atoms with Gasteiger partial charge in [0.2, 0.25) is 5.95 Å². The quantitative estimate of drug-likeness (QED) is 0.642. The summed E-state index contributed by atoms with van der Waals surface area (Å²) in [6.45, 7) is 8.13. The van der Waals surface area contributed by atoms with E-state index in [1.165, 1.54) is 0 Å². The van der Waals surface area contributed by atoms with Crippen molar-refractivity contribution in [3.8, 4) is 0 Å². The summed E-state index contributed by atoms with van der Waals surface area (Å²) in [7, 11) is 0. The van der Waals surface area contributed by atoms with Crippen LogP contribution in [-0.4, -0.2) is 31.7 Å². The van der Waals surface area contributed by atoms with Crippen LogP contribution in [-0.2, 0) is 5.54 Å². The Morgan fingerprint density at radius 1 is 1.25 bits per heavy atom. The van der Waals surface area contributed by atoms with Gasteiger partial charge in [0.25, 0.3) is 5.91 Å². The van der Waals surface area contributed by atoms with Gasteiger partial charge in [-0.25, -0.2) is 4.68 Å². The van der Waals surface area contributed by atoms with Gasteiger partial charge in [0.15, 0.2) is 5.65 Å². The fourth-order valence-corrected chi connectivity index (χ4v) is 3.03. The molecule has 1 amide bonds. The Kier molecular flexibility index (Phi) is 4.21. The molecule has 1 aromatic carbocycles. The molecule has 1 fully saturated rings. The van der Waals surface area contributed by atoms with Gasteiger partial charge in [-0.1, -0.05) is 6.07 Å². The normalized spacial score (nSPS) is 14.3. The average molecular weight is 379 g/mol. The molecule has 0 unspecified atom stereocenters. The molecule has 8 nitrogen and oxygen atoms in total. The number of nitrogens with two attached hydrogens (primary N) is 1. The third-order valence-corrected chi connectivity index (χ3v) is 4.75. The van der Waals surface area contributed by atoms with Gasteiger partial charge in [-0.15, -0.1) is 0 Å². The Balaban J connectivity index is 1.72. The monoisotopic (exact) mass is 379 g/mol. The summed E-state index contributed by atoms with van der Waals surface area (Å²) in [5, 5.41) is 11.6. The Morgan fingerprint density at radius 3 is 2.68 bits per heavy atom. The van der Waals surface area contributed by atoms with Crippen molar-refractivity contribution in [2.24, 2.45) is 0 Å². The highest BCUT2D eigenvalue weighted by Crippen LogP contribution is 2.29. The van der Waals surface area contributed by atoms with Crippen LogP contribution in [0.5, 0.6) is 0 Å². The first kappa shape index (κ1) is 18.2. The van der Waals surface area contributed by atoms with E-state index in [0.717, 1.165) is 29.5 Å². The number of benzene rings is 1. The summed E-state index contributed by atoms with van der Waals surface area (Å²) in [4.78, 5) is 21.1. The number of aromatic nitrogens is 4. The summed E-state index contributed by atoms with van der Waals surface area (Å²) >= 11 is 0. The van der Waals surface area contributed by atoms with Crippen molar-refractivity contribution in [1.29, 1.82) is 0 Å². The summed E-state index contributed by atoms with van der Waals surface area (Å²) in [5.41, 5.74) is 8.80. The number of carbonyl (C=O) groups excluding carboxylic acids is 1. The Bertz CT molecular complexity index is 1060. The SMILES string of the molecule is Cc1ccc(C(=O)NC2CC2)cc1Nc1nc(N)nc2c1cnn2C(C)(C)C. The van der Waals surface area contributed by atoms with Crippen molar-refractivity contribution in [2.75, 3.05) is 11.1 Å². The van der Waals surface area contributed by atoms with E-state index in [1.807, 2.05) is 29.8 Å². The molecular formula is C20H25N7O. The molecule has 0 atom stereocenters. The number of hydrogen-bond acceptors (Lipinski definition) is 6. The second-order valence-electron chi connectivity index (χ2n) is 8.30. The van der Waals surface area contributed by atoms with E-state index in [2.05, 4.69) is 46.5 Å². The number of aryl methyl sites for hydroxylation is 1. The molecular weight excluding hydrogens is 354 g/mol. The third kappa shape index (κ3) is 3.49. The largest absolute Gasteiger partial charge is 0.368 e. The van der Waals surface area contributed by atoms with Gasteiger partial charge < -0.3 is 16.4 Å². The maximum atomic E-state index is 12.4. The van der Waals surface area contributed by atoms with E-state index in [0.29, 0.717) is 23.1 Å². The highest BCUT2D eigenvalue weighted by atomic mass is 16.1. The molecule has 3 aromatic rings. The lowest BCUT2D eigenvalue weighted by Crippen LogP contribution is -2.25. The van der Waals surface area contributed by atoms with E-state index in [1.54, 1.807) is 6.20 Å². The Labute approximate surface area is 163 Å². The molecule has 4 rings (SSSR count). The smallest absolute Gasteiger partial charge is 0.251 e. The van der Waals surface area contributed by atoms with Crippen molar-refractivity contribution in [1.82, 2.24) is 25.1 Å². The van der Waals surface area contributed by atoms with Gasteiger partial charge in [-0.3, -0.25) is 4.79 Å². The first-order valence-corrected chi connectivity index (χ1v) is 9.42. The lowest BCUT2D eigenvalue weighted by atomic mass is 10.1. The molecule has 8 heteroatoms. The van der Waals surface area contributed by atoms with Crippen LogP contribution in [0.2, 0.25) is 0 Å². The van der Waals surface area contributed by atoms with Crippen molar-refractivity contribution in [2.45, 2.75) is 52.1 Å². The predicted octanol–water partition coefficient (Wildman–Crippen LogP) is 3.11. The van der Waals surface area contributed by atoms with Crippen molar-refractivity contribution >= 4 is 34.4 Å². The number of anilines is 3. The molecule has 0 aliphatic heterocycles. The van der Waals surface area contributed by atoms with Gasteiger partial charge in [0, 0.05) is 17.3 Å². The van der Waals surface area contributed by atoms with Crippen molar-refractivity contribution in [3.05, 3.63) is 35.5 Å². The second kappa shape index (κ2) is 6.47. The molecule has 1 aliphatic carbocycles. The number of fused-ring (bicyclic) bond motifs is 1. The summed E-state index contributed by atoms with van der Waals surface area (Å²) < 4.78 is 1.83. The fourth-order valence-electron chi connectivity index (χ4n) is 3.03. The number of amides is 1. The molecule has 28 heavy (non-hydrogen) atoms. The third-order valence-electron chi connectivity index (χ3n) is 4.75. The molecule has 0 bridgehead atoms. The molecule has 2 aromatic heterocycles. The molecule has 1 aliphatic rings. The summed E-state index contributed by atoms with van der Waals surface area (Å²) in [5.74, 6) is 0.681. The molecule has 146 valence electrons. The van der Waals surface area contributed by atoms with Gasteiger partial charge in [0.05, 0.1) is 17.1 Å². The van der Waals surface area contributed by atoms with Crippen molar-refractivity contribution < 1.29 is 4.79 Å². The minimum Gasteiger partial charge on any atom is -0.368 e. The standard InChI is InChI=1S/C20H25N7O/c1-11-5-6-12(18(28)23-13-7-8-13)9-15(11)24-16-14-10-22-27(20(2,3)4)17(14)26-19(21)25-16/h5-6,9-10,13H,7-8H2,1-4H3,(H,23,28)(H3,21,24,25,26). The van der Waals surface area contributed by atoms with Crippen LogP contribution in [0.15, 0.2) is 24.4 Å². The van der Waals surface area contributed by atoms with E-state index < -0.39 is 0 Å². The molecule has 2 heterocycles. The van der Waals surface area contributed by atoms with Gasteiger partial charge in [-0.2, -0.15) is 15.1 Å². The summed E-state index contributed by atoms with van der Waals surface area (Å²) in [6.07, 6.45) is 3.85. The van der Waals surface area contributed by atoms with Crippen molar-refractivity contribution in [3.63, 3.8) is 0 Å². The fraction of sp³-hybridized carbons (Fsp3) is 0.400. The van der Waals surface area contributed by atoms with Crippen LogP contribution in [0.25, 0.3) is 11.0 Å². The zero-order valence-corrected chi connectivity index (χ0v) is 16.6. The lowest BCUT2D eigenvalue weighted by Gasteiger charge is -2.20. The minimum absolute atomic E-state index is 0.0570. The zero-order valence-electron chi connectivity index (χ0n) is 16.6. The number of nitrogen functional groups attached to an aromatic ring is 1. The first-order valence-electron chi connectivity index (χ1n) is 9.42. The van der Waals surface area contributed by atoms with Crippen LogP contribution >= 0.6 is 0 Å². The van der Waals surface area contributed by atoms with E-state index in [9.17, 15) is 4.79 Å². The average Bonchev–Trinajstić information content (AvgIpc) is 3.30. The minimum atomic E-state index is -0.240. The first-order chi connectivity index (χ1) is 13.2. The van der Waals surface area contributed by atoms with E-state index in [4.69, 9.17) is 5.73 Å². The maximum absolute atomic E-state index is 12.4. The molecule has 0 radical (unpaired) electrons. The predicted molar refractivity (Wildman–Crippen MR) is 110 cm³/mol. The molecule has 0 spiro atoms. The number of rotatable bonds is 4. The molecule has 4 N–H and O–H groups in total. The van der Waals surface area contributed by atoms with E-state index >= 15 is 0 Å². The van der Waals surface area contributed by atoms with Gasteiger partial charge in [0.1, 0.15) is 5.82 Å². The topological polar surface area (TPSA) is 111 Å². The van der Waals surface area contributed by atoms with Crippen LogP contribution in [0.4, 0.5) is 17.5 Å². The highest BCUT2D eigenvalue weighted by Gasteiger charge is 2.24. The Morgan fingerprint density at radius 2 is 2.00 bits per heavy atom. The van der Waals surface area contributed by atoms with Gasteiger partial charge >= 0.3 is 0 Å². The molecule has 0 saturated heterocycles. The van der Waals surface area contributed by atoms with E-state index in [-0.39, 0.29) is 17.4 Å². The van der Waals surface area contributed by atoms with Gasteiger partial charge in [-0.05, 0) is 58.2 Å². The van der Waals surface area contributed by atoms with Crippen LogP contribution < -0.4 is 16.4 Å². The van der Waals surface area contributed by atoms with Crippen LogP contribution in [0, 0.1) is 6.92 Å². The lowest BCUT2D eigenvalue weighted by molar-refractivity contribution is 0.0951. The number of nitrogens with zero attached hydrogens (tertiary/aromatic N) is 4. The second-order valence-corrected chi connectivity index (χ2v) is 8.30. The number of hydrogen-bond donors (Lipinski definition) is 3. The number of nitrogens with one attached hydrogen (secondary N) is 2. The van der Waals surface area contributed by atoms with Crippen LogP contribution in [0.3, 0.4) is 0 Å². The van der Waals surface area contributed by atoms with Crippen LogP contribution in [0.1, 0.15) is 49.5 Å². The number of carbonyl (C=O) groups is 1. The summed E-state index contributed by atoms with van der Waals surface area (Å²) in [6, 6.07) is 5.91. The highest BCUT2D eigenvalue weighted by molar-refractivity contribution is 5.96. The maximum Gasteiger partial charge on any atom is 0.251 e. The molecule has 1 saturated carbocycles. The zero-order chi connectivity index (χ0) is 20.1.